The third kappa shape index (κ3) is 1.36. The Morgan fingerprint density at radius 3 is 2.83 bits per heavy atom. The Morgan fingerprint density at radius 2 is 2.17 bits per heavy atom. The Hall–Kier alpha value is -0.860. The van der Waals surface area contributed by atoms with E-state index < -0.39 is 6.17 Å². The molecular formula is C9H13FN2. The monoisotopic (exact) mass is 168 g/mol. The lowest BCUT2D eigenvalue weighted by atomic mass is 9.94. The molecule has 0 unspecified atom stereocenters. The van der Waals surface area contributed by atoms with Crippen molar-refractivity contribution in [2.75, 3.05) is 0 Å². The molecule has 1 fully saturated rings. The molecule has 0 bridgehead atoms. The molecule has 0 aliphatic heterocycles. The van der Waals surface area contributed by atoms with Gasteiger partial charge in [-0.2, -0.15) is 5.10 Å². The molecule has 1 aliphatic carbocycles. The second-order valence-electron chi connectivity index (χ2n) is 3.35. The van der Waals surface area contributed by atoms with Crippen molar-refractivity contribution in [3.05, 3.63) is 18.5 Å². The zero-order valence-corrected chi connectivity index (χ0v) is 6.99. The van der Waals surface area contributed by atoms with E-state index in [0.717, 1.165) is 19.3 Å². The van der Waals surface area contributed by atoms with Crippen LogP contribution in [0, 0.1) is 0 Å². The van der Waals surface area contributed by atoms with Crippen LogP contribution in [0.5, 0.6) is 0 Å². The molecule has 0 N–H and O–H groups in total. The molecule has 1 heterocycles. The second kappa shape index (κ2) is 3.25. The highest BCUT2D eigenvalue weighted by atomic mass is 19.1. The van der Waals surface area contributed by atoms with Crippen molar-refractivity contribution in [3.8, 4) is 0 Å². The first-order valence-corrected chi connectivity index (χ1v) is 4.51. The Bertz CT molecular complexity index is 233. The molecule has 0 amide bonds. The van der Waals surface area contributed by atoms with Gasteiger partial charge in [-0.15, -0.1) is 0 Å². The standard InChI is InChI=1S/C9H13FN2/c10-8-4-1-2-5-9(8)12-7-3-6-11-12/h3,6-9H,1-2,4-5H2/t8-,9-/m1/s1. The van der Waals surface area contributed by atoms with Crippen LogP contribution in [0.25, 0.3) is 0 Å². The molecule has 2 nitrogen and oxygen atoms in total. The molecule has 1 saturated carbocycles. The van der Waals surface area contributed by atoms with Gasteiger partial charge >= 0.3 is 0 Å². The van der Waals surface area contributed by atoms with Crippen molar-refractivity contribution >= 4 is 0 Å². The van der Waals surface area contributed by atoms with Crippen molar-refractivity contribution in [1.82, 2.24) is 9.78 Å². The van der Waals surface area contributed by atoms with Gasteiger partial charge in [0.2, 0.25) is 0 Å². The summed E-state index contributed by atoms with van der Waals surface area (Å²) in [5.74, 6) is 0. The minimum absolute atomic E-state index is 0.00579. The summed E-state index contributed by atoms with van der Waals surface area (Å²) in [5, 5.41) is 4.07. The number of alkyl halides is 1. The van der Waals surface area contributed by atoms with Crippen molar-refractivity contribution in [2.24, 2.45) is 0 Å². The van der Waals surface area contributed by atoms with Gasteiger partial charge in [-0.25, -0.2) is 4.39 Å². The summed E-state index contributed by atoms with van der Waals surface area (Å²) in [5.41, 5.74) is 0. The smallest absolute Gasteiger partial charge is 0.122 e. The Labute approximate surface area is 71.4 Å². The molecule has 2 atom stereocenters. The van der Waals surface area contributed by atoms with Gasteiger partial charge < -0.3 is 0 Å². The van der Waals surface area contributed by atoms with Crippen molar-refractivity contribution in [2.45, 2.75) is 37.9 Å². The van der Waals surface area contributed by atoms with E-state index in [4.69, 9.17) is 0 Å². The first-order chi connectivity index (χ1) is 5.88. The lowest BCUT2D eigenvalue weighted by Gasteiger charge is -2.25. The summed E-state index contributed by atoms with van der Waals surface area (Å²) in [6.45, 7) is 0. The Balaban J connectivity index is 2.11. The van der Waals surface area contributed by atoms with Crippen molar-refractivity contribution in [1.29, 1.82) is 0 Å². The minimum atomic E-state index is -0.696. The van der Waals surface area contributed by atoms with E-state index in [2.05, 4.69) is 5.10 Å². The quantitative estimate of drug-likeness (QED) is 0.629. The molecule has 1 aromatic rings. The molecule has 1 aliphatic rings. The summed E-state index contributed by atoms with van der Waals surface area (Å²) < 4.78 is 15.1. The van der Waals surface area contributed by atoms with Gasteiger partial charge in [0.15, 0.2) is 0 Å². The minimum Gasteiger partial charge on any atom is -0.267 e. The lowest BCUT2D eigenvalue weighted by Crippen LogP contribution is -2.24. The average Bonchev–Trinajstić information content (AvgIpc) is 2.57. The van der Waals surface area contributed by atoms with Crippen LogP contribution >= 0.6 is 0 Å². The summed E-state index contributed by atoms with van der Waals surface area (Å²) >= 11 is 0. The van der Waals surface area contributed by atoms with Gasteiger partial charge in [0.1, 0.15) is 6.17 Å². The molecule has 0 spiro atoms. The van der Waals surface area contributed by atoms with Gasteiger partial charge in [-0.3, -0.25) is 4.68 Å². The molecule has 66 valence electrons. The third-order valence-electron chi connectivity index (χ3n) is 2.51. The van der Waals surface area contributed by atoms with Crippen LogP contribution < -0.4 is 0 Å². The fourth-order valence-electron chi connectivity index (χ4n) is 1.84. The van der Waals surface area contributed by atoms with Crippen LogP contribution in [0.3, 0.4) is 0 Å². The second-order valence-corrected chi connectivity index (χ2v) is 3.35. The van der Waals surface area contributed by atoms with E-state index in [0.29, 0.717) is 6.42 Å². The summed E-state index contributed by atoms with van der Waals surface area (Å²) in [6, 6.07) is 1.84. The van der Waals surface area contributed by atoms with E-state index in [1.807, 2.05) is 12.3 Å². The largest absolute Gasteiger partial charge is 0.267 e. The third-order valence-corrected chi connectivity index (χ3v) is 2.51. The van der Waals surface area contributed by atoms with Crippen LogP contribution in [-0.4, -0.2) is 16.0 Å². The fourth-order valence-corrected chi connectivity index (χ4v) is 1.84. The van der Waals surface area contributed by atoms with Crippen LogP contribution in [0.4, 0.5) is 4.39 Å². The van der Waals surface area contributed by atoms with Crippen LogP contribution in [0.2, 0.25) is 0 Å². The molecule has 0 saturated heterocycles. The van der Waals surface area contributed by atoms with E-state index in [-0.39, 0.29) is 6.04 Å². The number of halogens is 1. The van der Waals surface area contributed by atoms with Crippen LogP contribution in [0.1, 0.15) is 31.7 Å². The SMILES string of the molecule is F[C@@H]1CCCC[C@H]1n1cccn1. The predicted octanol–water partition coefficient (Wildman–Crippen LogP) is 2.34. The molecule has 0 radical (unpaired) electrons. The zero-order chi connectivity index (χ0) is 8.39. The van der Waals surface area contributed by atoms with Gasteiger partial charge in [-0.05, 0) is 18.9 Å². The number of hydrogen-bond acceptors (Lipinski definition) is 1. The highest BCUT2D eigenvalue weighted by Crippen LogP contribution is 2.29. The maximum atomic E-state index is 13.4. The fraction of sp³-hybridized carbons (Fsp3) is 0.667. The highest BCUT2D eigenvalue weighted by Gasteiger charge is 2.25. The summed E-state index contributed by atoms with van der Waals surface area (Å²) in [6.07, 6.45) is 6.65. The zero-order valence-electron chi connectivity index (χ0n) is 6.99. The number of hydrogen-bond donors (Lipinski definition) is 0. The van der Waals surface area contributed by atoms with Gasteiger partial charge in [0.05, 0.1) is 6.04 Å². The highest BCUT2D eigenvalue weighted by molar-refractivity contribution is 4.86. The summed E-state index contributed by atoms with van der Waals surface area (Å²) in [7, 11) is 0. The summed E-state index contributed by atoms with van der Waals surface area (Å²) in [4.78, 5) is 0. The molecule has 0 aromatic carbocycles. The first-order valence-electron chi connectivity index (χ1n) is 4.51. The van der Waals surface area contributed by atoms with E-state index in [9.17, 15) is 4.39 Å². The van der Waals surface area contributed by atoms with Gasteiger partial charge in [0, 0.05) is 12.4 Å². The first kappa shape index (κ1) is 7.77. The molecule has 3 heteroatoms. The molecule has 2 rings (SSSR count). The Kier molecular flexibility index (Phi) is 2.11. The normalized spacial score (nSPS) is 30.4. The Morgan fingerprint density at radius 1 is 1.33 bits per heavy atom. The molecule has 1 aromatic heterocycles. The van der Waals surface area contributed by atoms with Crippen molar-refractivity contribution in [3.63, 3.8) is 0 Å². The topological polar surface area (TPSA) is 17.8 Å². The van der Waals surface area contributed by atoms with E-state index in [1.165, 1.54) is 0 Å². The van der Waals surface area contributed by atoms with Crippen LogP contribution in [0.15, 0.2) is 18.5 Å². The molecule has 12 heavy (non-hydrogen) atoms. The predicted molar refractivity (Wildman–Crippen MR) is 44.6 cm³/mol. The van der Waals surface area contributed by atoms with Gasteiger partial charge in [0.25, 0.3) is 0 Å². The molecular weight excluding hydrogens is 155 g/mol. The van der Waals surface area contributed by atoms with Crippen molar-refractivity contribution < 1.29 is 4.39 Å². The number of rotatable bonds is 1. The number of nitrogens with zero attached hydrogens (tertiary/aromatic N) is 2. The van der Waals surface area contributed by atoms with Gasteiger partial charge in [-0.1, -0.05) is 12.8 Å². The maximum Gasteiger partial charge on any atom is 0.122 e. The average molecular weight is 168 g/mol. The maximum absolute atomic E-state index is 13.4. The van der Waals surface area contributed by atoms with E-state index >= 15 is 0 Å². The lowest BCUT2D eigenvalue weighted by molar-refractivity contribution is 0.160. The number of aromatic nitrogens is 2. The van der Waals surface area contributed by atoms with E-state index in [1.54, 1.807) is 10.9 Å². The van der Waals surface area contributed by atoms with Crippen LogP contribution in [-0.2, 0) is 0 Å².